The molecule has 1 atom stereocenters. The maximum atomic E-state index is 11.8. The summed E-state index contributed by atoms with van der Waals surface area (Å²) in [5.41, 5.74) is 1.03. The molecule has 1 aromatic rings. The van der Waals surface area contributed by atoms with Crippen molar-refractivity contribution in [2.24, 2.45) is 0 Å². The van der Waals surface area contributed by atoms with Crippen LogP contribution in [0.2, 0.25) is 0 Å². The Balaban J connectivity index is 2.76. The summed E-state index contributed by atoms with van der Waals surface area (Å²) in [4.78, 5) is 11.8. The first-order valence-electron chi connectivity index (χ1n) is 5.40. The highest BCUT2D eigenvalue weighted by molar-refractivity contribution is 5.78. The molecular formula is C13H18O2. The highest BCUT2D eigenvalue weighted by atomic mass is 16.5. The third-order valence-electron chi connectivity index (χ3n) is 2.25. The number of esters is 1. The minimum atomic E-state index is -0.131. The Kier molecular flexibility index (Phi) is 4.35. The Morgan fingerprint density at radius 1 is 1.27 bits per heavy atom. The first-order chi connectivity index (χ1) is 7.15. The molecule has 2 heteroatoms. The highest BCUT2D eigenvalue weighted by Gasteiger charge is 2.20. The van der Waals surface area contributed by atoms with Crippen molar-refractivity contribution in [3.8, 4) is 0 Å². The van der Waals surface area contributed by atoms with Gasteiger partial charge in [0, 0.05) is 0 Å². The van der Waals surface area contributed by atoms with E-state index < -0.39 is 0 Å². The topological polar surface area (TPSA) is 26.3 Å². The van der Waals surface area contributed by atoms with Crippen molar-refractivity contribution in [1.82, 2.24) is 0 Å². The van der Waals surface area contributed by atoms with Crippen LogP contribution in [0.5, 0.6) is 0 Å². The number of carbonyl (C=O) groups excluding carboxylic acids is 1. The summed E-state index contributed by atoms with van der Waals surface area (Å²) in [5, 5.41) is 0. The van der Waals surface area contributed by atoms with E-state index in [1.54, 1.807) is 0 Å². The fraction of sp³-hybridized carbons (Fsp3) is 0.462. The Morgan fingerprint density at radius 2 is 1.87 bits per heavy atom. The van der Waals surface area contributed by atoms with Crippen LogP contribution in [0, 0.1) is 0 Å². The first kappa shape index (κ1) is 11.8. The molecule has 82 valence electrons. The standard InChI is InChI=1S/C13H18O2/c1-4-12(13(14)15-10(2)3)11-8-6-5-7-9-11/h5-10,12H,4H2,1-3H3. The van der Waals surface area contributed by atoms with Crippen molar-refractivity contribution in [2.75, 3.05) is 0 Å². The predicted molar refractivity (Wildman–Crippen MR) is 60.7 cm³/mol. The van der Waals surface area contributed by atoms with Crippen LogP contribution in [0.25, 0.3) is 0 Å². The van der Waals surface area contributed by atoms with Crippen LogP contribution < -0.4 is 0 Å². The minimum absolute atomic E-state index is 0.0461. The fourth-order valence-corrected chi connectivity index (χ4v) is 1.54. The summed E-state index contributed by atoms with van der Waals surface area (Å²) >= 11 is 0. The van der Waals surface area contributed by atoms with E-state index >= 15 is 0 Å². The molecule has 0 N–H and O–H groups in total. The van der Waals surface area contributed by atoms with Gasteiger partial charge in [-0.15, -0.1) is 0 Å². The second-order valence-corrected chi connectivity index (χ2v) is 3.86. The van der Waals surface area contributed by atoms with Crippen LogP contribution in [-0.2, 0) is 9.53 Å². The molecule has 1 aromatic carbocycles. The maximum absolute atomic E-state index is 11.8. The van der Waals surface area contributed by atoms with Crippen molar-refractivity contribution < 1.29 is 9.53 Å². The number of ether oxygens (including phenoxy) is 1. The van der Waals surface area contributed by atoms with Gasteiger partial charge >= 0.3 is 5.97 Å². The van der Waals surface area contributed by atoms with Crippen LogP contribution in [-0.4, -0.2) is 12.1 Å². The lowest BCUT2D eigenvalue weighted by atomic mass is 9.97. The quantitative estimate of drug-likeness (QED) is 0.707. The molecule has 0 aliphatic carbocycles. The Morgan fingerprint density at radius 3 is 2.33 bits per heavy atom. The van der Waals surface area contributed by atoms with Gasteiger partial charge in [-0.2, -0.15) is 0 Å². The van der Waals surface area contributed by atoms with Gasteiger partial charge in [0.25, 0.3) is 0 Å². The van der Waals surface area contributed by atoms with Crippen molar-refractivity contribution in [2.45, 2.75) is 39.2 Å². The molecule has 0 fully saturated rings. The van der Waals surface area contributed by atoms with E-state index in [2.05, 4.69) is 0 Å². The summed E-state index contributed by atoms with van der Waals surface area (Å²) in [5.74, 6) is -0.257. The first-order valence-corrected chi connectivity index (χ1v) is 5.40. The average molecular weight is 206 g/mol. The summed E-state index contributed by atoms with van der Waals surface area (Å²) in [7, 11) is 0. The molecule has 1 unspecified atom stereocenters. The number of benzene rings is 1. The number of rotatable bonds is 4. The van der Waals surface area contributed by atoms with E-state index in [9.17, 15) is 4.79 Å². The van der Waals surface area contributed by atoms with Crippen LogP contribution >= 0.6 is 0 Å². The molecular weight excluding hydrogens is 188 g/mol. The molecule has 1 rings (SSSR count). The second kappa shape index (κ2) is 5.54. The van der Waals surface area contributed by atoms with E-state index in [0.29, 0.717) is 0 Å². The zero-order valence-corrected chi connectivity index (χ0v) is 9.57. The van der Waals surface area contributed by atoms with E-state index in [0.717, 1.165) is 12.0 Å². The van der Waals surface area contributed by atoms with E-state index in [-0.39, 0.29) is 18.0 Å². The largest absolute Gasteiger partial charge is 0.463 e. The lowest BCUT2D eigenvalue weighted by Crippen LogP contribution is -2.19. The molecule has 0 saturated carbocycles. The zero-order chi connectivity index (χ0) is 11.3. The molecule has 0 saturated heterocycles. The average Bonchev–Trinajstić information content (AvgIpc) is 2.19. The second-order valence-electron chi connectivity index (χ2n) is 3.86. The van der Waals surface area contributed by atoms with Crippen LogP contribution in [0.3, 0.4) is 0 Å². The third-order valence-corrected chi connectivity index (χ3v) is 2.25. The maximum Gasteiger partial charge on any atom is 0.313 e. The monoisotopic (exact) mass is 206 g/mol. The van der Waals surface area contributed by atoms with Crippen molar-refractivity contribution >= 4 is 5.97 Å². The van der Waals surface area contributed by atoms with E-state index in [1.807, 2.05) is 51.1 Å². The van der Waals surface area contributed by atoms with Crippen molar-refractivity contribution in [1.29, 1.82) is 0 Å². The normalized spacial score (nSPS) is 12.5. The smallest absolute Gasteiger partial charge is 0.313 e. The molecule has 0 radical (unpaired) electrons. The van der Waals surface area contributed by atoms with Crippen LogP contribution in [0.1, 0.15) is 38.7 Å². The van der Waals surface area contributed by atoms with Crippen LogP contribution in [0.4, 0.5) is 0 Å². The van der Waals surface area contributed by atoms with Gasteiger partial charge in [-0.25, -0.2) is 0 Å². The minimum Gasteiger partial charge on any atom is -0.463 e. The molecule has 15 heavy (non-hydrogen) atoms. The Labute approximate surface area is 91.3 Å². The summed E-state index contributed by atoms with van der Waals surface area (Å²) in [6.07, 6.45) is 0.727. The van der Waals surface area contributed by atoms with Gasteiger partial charge < -0.3 is 4.74 Å². The number of carbonyl (C=O) groups is 1. The molecule has 0 aliphatic rings. The third kappa shape index (κ3) is 3.39. The number of hydrogen-bond acceptors (Lipinski definition) is 2. The van der Waals surface area contributed by atoms with Gasteiger partial charge in [0.05, 0.1) is 12.0 Å². The van der Waals surface area contributed by atoms with Crippen molar-refractivity contribution in [3.63, 3.8) is 0 Å². The predicted octanol–water partition coefficient (Wildman–Crippen LogP) is 3.13. The molecule has 0 aromatic heterocycles. The van der Waals surface area contributed by atoms with Gasteiger partial charge in [0.1, 0.15) is 0 Å². The molecule has 0 bridgehead atoms. The molecule has 0 heterocycles. The molecule has 2 nitrogen and oxygen atoms in total. The molecule has 0 spiro atoms. The molecule has 0 amide bonds. The van der Waals surface area contributed by atoms with Gasteiger partial charge in [0.2, 0.25) is 0 Å². The molecule has 0 aliphatic heterocycles. The SMILES string of the molecule is CCC(C(=O)OC(C)C)c1ccccc1. The summed E-state index contributed by atoms with van der Waals surface area (Å²) < 4.78 is 5.22. The van der Waals surface area contributed by atoms with Crippen molar-refractivity contribution in [3.05, 3.63) is 35.9 Å². The van der Waals surface area contributed by atoms with Crippen LogP contribution in [0.15, 0.2) is 30.3 Å². The lowest BCUT2D eigenvalue weighted by Gasteiger charge is -2.16. The fourth-order valence-electron chi connectivity index (χ4n) is 1.54. The number of hydrogen-bond donors (Lipinski definition) is 0. The Bertz CT molecular complexity index is 304. The highest BCUT2D eigenvalue weighted by Crippen LogP contribution is 2.21. The summed E-state index contributed by atoms with van der Waals surface area (Å²) in [6, 6.07) is 9.77. The summed E-state index contributed by atoms with van der Waals surface area (Å²) in [6.45, 7) is 5.74. The van der Waals surface area contributed by atoms with Gasteiger partial charge in [-0.1, -0.05) is 37.3 Å². The van der Waals surface area contributed by atoms with Gasteiger partial charge in [-0.3, -0.25) is 4.79 Å². The van der Waals surface area contributed by atoms with E-state index in [4.69, 9.17) is 4.74 Å². The Hall–Kier alpha value is -1.31. The van der Waals surface area contributed by atoms with E-state index in [1.165, 1.54) is 0 Å². The van der Waals surface area contributed by atoms with Gasteiger partial charge in [0.15, 0.2) is 0 Å². The zero-order valence-electron chi connectivity index (χ0n) is 9.57. The lowest BCUT2D eigenvalue weighted by molar-refractivity contribution is -0.149. The van der Waals surface area contributed by atoms with Gasteiger partial charge in [-0.05, 0) is 25.8 Å².